The van der Waals surface area contributed by atoms with Gasteiger partial charge in [-0.3, -0.25) is 4.68 Å². The Morgan fingerprint density at radius 3 is 2.59 bits per heavy atom. The fourth-order valence-corrected chi connectivity index (χ4v) is 5.43. The van der Waals surface area contributed by atoms with E-state index < -0.39 is 40.1 Å². The van der Waals surface area contributed by atoms with Crippen LogP contribution in [0.4, 0.5) is 9.18 Å². The Bertz CT molecular complexity index is 1160. The maximum absolute atomic E-state index is 13.3. The van der Waals surface area contributed by atoms with Gasteiger partial charge >= 0.3 is 11.9 Å². The summed E-state index contributed by atoms with van der Waals surface area (Å²) in [4.78, 5) is 27.6. The van der Waals surface area contributed by atoms with Crippen molar-refractivity contribution in [3.63, 3.8) is 0 Å². The van der Waals surface area contributed by atoms with Gasteiger partial charge in [0.25, 0.3) is 0 Å². The molecule has 1 atom stereocenters. The summed E-state index contributed by atoms with van der Waals surface area (Å²) < 4.78 is 44.5. The van der Waals surface area contributed by atoms with Crippen LogP contribution >= 0.6 is 0 Å². The molecule has 4 rings (SSSR count). The zero-order chi connectivity index (χ0) is 23.3. The van der Waals surface area contributed by atoms with Crippen LogP contribution in [0.1, 0.15) is 32.3 Å². The van der Waals surface area contributed by atoms with E-state index in [0.29, 0.717) is 30.7 Å². The van der Waals surface area contributed by atoms with Crippen LogP contribution < -0.4 is 4.72 Å². The minimum absolute atomic E-state index is 0.0345. The van der Waals surface area contributed by atoms with Crippen molar-refractivity contribution in [1.82, 2.24) is 19.4 Å². The predicted molar refractivity (Wildman–Crippen MR) is 115 cm³/mol. The van der Waals surface area contributed by atoms with E-state index >= 15 is 0 Å². The van der Waals surface area contributed by atoms with Crippen molar-refractivity contribution in [2.45, 2.75) is 38.8 Å². The number of sulfonamides is 1. The number of alkyl halides is 1. The molecule has 0 aromatic carbocycles. The standard InChI is InChI=1S/C21H27FN5O4S/c1-14(2)10-26-18-5-4-16(32(30,31)24-21(13-22)6-7-21)8-17(18)19(28)27(20(26)29)12-15-9-23-25(3)11-15/h4-5,8-9,11,14,17,24H,6-7,10,12-13H2,1-3H3/q+1. The summed E-state index contributed by atoms with van der Waals surface area (Å²) >= 11 is 0. The number of hydrogen-bond donors (Lipinski definition) is 1. The number of aromatic nitrogens is 2. The minimum Gasteiger partial charge on any atom is -0.275 e. The normalized spacial score (nSPS) is 22.5. The van der Waals surface area contributed by atoms with Crippen LogP contribution in [0.25, 0.3) is 0 Å². The van der Waals surface area contributed by atoms with E-state index in [1.807, 2.05) is 13.8 Å². The van der Waals surface area contributed by atoms with Gasteiger partial charge in [-0.05, 0) is 37.0 Å². The van der Waals surface area contributed by atoms with Crippen molar-refractivity contribution in [2.75, 3.05) is 13.2 Å². The van der Waals surface area contributed by atoms with Gasteiger partial charge in [0.1, 0.15) is 24.8 Å². The summed E-state index contributed by atoms with van der Waals surface area (Å²) in [6.07, 6.45) is 8.40. The van der Waals surface area contributed by atoms with E-state index in [9.17, 15) is 22.4 Å². The maximum atomic E-state index is 13.3. The molecule has 172 valence electrons. The predicted octanol–water partition coefficient (Wildman–Crippen LogP) is 1.48. The molecule has 0 saturated heterocycles. The fourth-order valence-electron chi connectivity index (χ4n) is 3.92. The van der Waals surface area contributed by atoms with E-state index in [4.69, 9.17) is 0 Å². The molecule has 2 aliphatic carbocycles. The number of imide groups is 1. The number of carbonyl (C=O) groups is 2. The third kappa shape index (κ3) is 4.18. The van der Waals surface area contributed by atoms with Gasteiger partial charge in [-0.15, -0.1) is 0 Å². The van der Waals surface area contributed by atoms with E-state index in [1.165, 1.54) is 22.8 Å². The molecule has 1 fully saturated rings. The van der Waals surface area contributed by atoms with Gasteiger partial charge in [0, 0.05) is 18.8 Å². The Balaban J connectivity index is 1.71. The number of carbonyl (C=O) groups excluding carboxylic acids is 2. The average molecular weight is 465 g/mol. The van der Waals surface area contributed by atoms with Crippen LogP contribution in [0.2, 0.25) is 0 Å². The van der Waals surface area contributed by atoms with Crippen molar-refractivity contribution >= 4 is 27.7 Å². The second-order valence-electron chi connectivity index (χ2n) is 9.06. The molecule has 1 aromatic rings. The van der Waals surface area contributed by atoms with E-state index in [-0.39, 0.29) is 17.4 Å². The van der Waals surface area contributed by atoms with E-state index in [2.05, 4.69) is 9.82 Å². The lowest BCUT2D eigenvalue weighted by Crippen LogP contribution is -2.54. The number of amides is 3. The number of aryl methyl sites for hydroxylation is 1. The van der Waals surface area contributed by atoms with Gasteiger partial charge in [0.05, 0.1) is 23.2 Å². The molecule has 0 radical (unpaired) electrons. The molecule has 2 heterocycles. The molecule has 0 spiro atoms. The van der Waals surface area contributed by atoms with Crippen molar-refractivity contribution in [3.8, 4) is 0 Å². The number of fused-ring (bicyclic) bond motifs is 1. The summed E-state index contributed by atoms with van der Waals surface area (Å²) in [6, 6.07) is -0.448. The molecule has 32 heavy (non-hydrogen) atoms. The first-order chi connectivity index (χ1) is 15.0. The van der Waals surface area contributed by atoms with Crippen molar-refractivity contribution in [3.05, 3.63) is 41.1 Å². The first kappa shape index (κ1) is 22.5. The Kier molecular flexibility index (Phi) is 5.66. The maximum Gasteiger partial charge on any atom is 0.501 e. The molecule has 9 nitrogen and oxygen atoms in total. The Morgan fingerprint density at radius 2 is 2.03 bits per heavy atom. The fraction of sp³-hybridized carbons (Fsp3) is 0.524. The Hall–Kier alpha value is -2.66. The lowest BCUT2D eigenvalue weighted by atomic mass is 9.94. The van der Waals surface area contributed by atoms with Gasteiger partial charge in [0.2, 0.25) is 10.0 Å². The van der Waals surface area contributed by atoms with Gasteiger partial charge in [-0.2, -0.15) is 19.4 Å². The number of hydrogen-bond acceptors (Lipinski definition) is 5. The second kappa shape index (κ2) is 8.04. The SMILES string of the molecule is CC(C)C[N+]1=C2C=CC(S(=O)(=O)NC3(CF)CC3)=CC2C(=O)N(Cc2cnn(C)c2)C1=O. The molecule has 0 bridgehead atoms. The van der Waals surface area contributed by atoms with Crippen LogP contribution in [-0.2, 0) is 28.4 Å². The molecule has 3 amide bonds. The molecule has 1 N–H and O–H groups in total. The summed E-state index contributed by atoms with van der Waals surface area (Å²) in [6.45, 7) is 3.55. The zero-order valence-electron chi connectivity index (χ0n) is 18.3. The quantitative estimate of drug-likeness (QED) is 0.587. The number of allylic oxidation sites excluding steroid dienone is 2. The number of halogens is 1. The lowest BCUT2D eigenvalue weighted by molar-refractivity contribution is -0.447. The average Bonchev–Trinajstić information content (AvgIpc) is 3.38. The third-order valence-electron chi connectivity index (χ3n) is 5.79. The molecule has 1 unspecified atom stereocenters. The van der Waals surface area contributed by atoms with Crippen molar-refractivity contribution in [2.24, 2.45) is 18.9 Å². The van der Waals surface area contributed by atoms with Crippen molar-refractivity contribution in [1.29, 1.82) is 0 Å². The Labute approximate surface area is 186 Å². The highest BCUT2D eigenvalue weighted by Crippen LogP contribution is 2.37. The monoisotopic (exact) mass is 464 g/mol. The molecular formula is C21H27FN5O4S+. The molecule has 11 heteroatoms. The van der Waals surface area contributed by atoms with Crippen LogP contribution in [0, 0.1) is 11.8 Å². The molecule has 1 aromatic heterocycles. The lowest BCUT2D eigenvalue weighted by Gasteiger charge is -2.28. The highest BCUT2D eigenvalue weighted by atomic mass is 32.2. The van der Waals surface area contributed by atoms with Crippen molar-refractivity contribution < 1.29 is 27.0 Å². The van der Waals surface area contributed by atoms with Gasteiger partial charge in [0.15, 0.2) is 0 Å². The second-order valence-corrected chi connectivity index (χ2v) is 10.7. The first-order valence-corrected chi connectivity index (χ1v) is 12.0. The van der Waals surface area contributed by atoms with Gasteiger partial charge in [-0.1, -0.05) is 13.8 Å². The van der Waals surface area contributed by atoms with Crippen LogP contribution in [-0.4, -0.2) is 64.1 Å². The number of nitrogens with one attached hydrogen (secondary N) is 1. The first-order valence-electron chi connectivity index (χ1n) is 10.5. The molecule has 1 aliphatic heterocycles. The minimum atomic E-state index is -4.01. The van der Waals surface area contributed by atoms with Crippen LogP contribution in [0.3, 0.4) is 0 Å². The Morgan fingerprint density at radius 1 is 1.31 bits per heavy atom. The summed E-state index contributed by atoms with van der Waals surface area (Å²) in [7, 11) is -2.27. The zero-order valence-corrected chi connectivity index (χ0v) is 19.1. The molecular weight excluding hydrogens is 437 g/mol. The third-order valence-corrected chi connectivity index (χ3v) is 7.39. The van der Waals surface area contributed by atoms with Crippen LogP contribution in [0.15, 0.2) is 35.5 Å². The largest absolute Gasteiger partial charge is 0.501 e. The van der Waals surface area contributed by atoms with Gasteiger partial charge in [-0.25, -0.2) is 22.3 Å². The number of nitrogens with zero attached hydrogens (tertiary/aromatic N) is 4. The topological polar surface area (TPSA) is 104 Å². The highest BCUT2D eigenvalue weighted by molar-refractivity contribution is 7.93. The summed E-state index contributed by atoms with van der Waals surface area (Å²) in [5, 5.41) is 4.08. The van der Waals surface area contributed by atoms with E-state index in [1.54, 1.807) is 24.1 Å². The highest BCUT2D eigenvalue weighted by Gasteiger charge is 2.50. The molecule has 1 saturated carbocycles. The van der Waals surface area contributed by atoms with Gasteiger partial charge < -0.3 is 0 Å². The molecule has 3 aliphatic rings. The van der Waals surface area contributed by atoms with Crippen LogP contribution in [0.5, 0.6) is 0 Å². The smallest absolute Gasteiger partial charge is 0.275 e. The summed E-state index contributed by atoms with van der Waals surface area (Å²) in [5.74, 6) is -1.30. The van der Waals surface area contributed by atoms with E-state index in [0.717, 1.165) is 4.90 Å². The number of rotatable bonds is 8. The number of urea groups is 1. The summed E-state index contributed by atoms with van der Waals surface area (Å²) in [5.41, 5.74) is 0.0902.